The van der Waals surface area contributed by atoms with Crippen molar-refractivity contribution in [2.24, 2.45) is 5.90 Å². The molecule has 0 atom stereocenters. The molecule has 0 heterocycles. The van der Waals surface area contributed by atoms with Crippen LogP contribution in [-0.2, 0) is 32.6 Å². The standard InChI is InChI=1S/C27H22N2O6S.C20H18N2O4S/c30-26(21-12-9-15-23(18-21)34-19-20-10-3-1-4-11-20)28-24-16-7-8-17-25(24)36(32,33)29-27(31)35-22-13-5-2-6-14-22;21-25-26-27-19-12-5-4-11-18(19)22-20(23)16-9-6-10-17(13-16)24-14-15-7-2-1-3-8-15/h1-18H,19H2,(H,28,30)(H,29,31);1-13H,14,21H2,(H,22,23). The van der Waals surface area contributed by atoms with Crippen molar-refractivity contribution in [3.8, 4) is 17.2 Å². The highest BCUT2D eigenvalue weighted by molar-refractivity contribution is 7.94. The average Bonchev–Trinajstić information content (AvgIpc) is 3.31. The number of benzene rings is 7. The molecule has 0 aliphatic heterocycles. The summed E-state index contributed by atoms with van der Waals surface area (Å²) >= 11 is 0.906. The summed E-state index contributed by atoms with van der Waals surface area (Å²) in [5.74, 6) is 5.34. The summed E-state index contributed by atoms with van der Waals surface area (Å²) in [6.45, 7) is 0.763. The third-order valence-corrected chi connectivity index (χ3v) is 10.6. The van der Waals surface area contributed by atoms with Crippen molar-refractivity contribution in [1.29, 1.82) is 0 Å². The van der Waals surface area contributed by atoms with Gasteiger partial charge in [-0.15, -0.1) is 9.32 Å². The van der Waals surface area contributed by atoms with Gasteiger partial charge in [-0.2, -0.15) is 5.90 Å². The Morgan fingerprint density at radius 3 is 1.54 bits per heavy atom. The van der Waals surface area contributed by atoms with Crippen LogP contribution in [0.5, 0.6) is 17.2 Å². The van der Waals surface area contributed by atoms with Gasteiger partial charge in [-0.25, -0.2) is 17.9 Å². The first-order chi connectivity index (χ1) is 30.7. The van der Waals surface area contributed by atoms with Gasteiger partial charge in [0.1, 0.15) is 35.4 Å². The average molecular weight is 885 g/mol. The number of rotatable bonds is 16. The highest BCUT2D eigenvalue weighted by Gasteiger charge is 2.23. The Balaban J connectivity index is 0.000000219. The minimum Gasteiger partial charge on any atom is -0.489 e. The molecule has 7 aromatic rings. The molecule has 0 aliphatic rings. The van der Waals surface area contributed by atoms with E-state index in [1.54, 1.807) is 78.9 Å². The van der Waals surface area contributed by atoms with Gasteiger partial charge in [0.15, 0.2) is 0 Å². The van der Waals surface area contributed by atoms with Gasteiger partial charge < -0.3 is 24.8 Å². The molecule has 14 nitrogen and oxygen atoms in total. The van der Waals surface area contributed by atoms with Crippen LogP contribution < -0.4 is 35.5 Å². The normalized spacial score (nSPS) is 10.6. The molecule has 16 heteroatoms. The molecule has 0 unspecified atom stereocenters. The predicted octanol–water partition coefficient (Wildman–Crippen LogP) is 9.34. The molecule has 5 N–H and O–H groups in total. The van der Waals surface area contributed by atoms with Crippen LogP contribution in [0.25, 0.3) is 0 Å². The molecular weight excluding hydrogens is 845 g/mol. The van der Waals surface area contributed by atoms with E-state index in [1.807, 2.05) is 83.6 Å². The van der Waals surface area contributed by atoms with Crippen molar-refractivity contribution >= 4 is 51.3 Å². The molecule has 0 radical (unpaired) electrons. The molecular formula is C47H40N4O10S2. The zero-order valence-corrected chi connectivity index (χ0v) is 34.9. The van der Waals surface area contributed by atoms with Crippen LogP contribution in [0.15, 0.2) is 198 Å². The van der Waals surface area contributed by atoms with Gasteiger partial charge in [0.2, 0.25) is 0 Å². The Morgan fingerprint density at radius 1 is 0.524 bits per heavy atom. The van der Waals surface area contributed by atoms with Crippen LogP contribution >= 0.6 is 12.0 Å². The molecule has 0 aromatic heterocycles. The maximum absolute atomic E-state index is 12.9. The topological polar surface area (TPSA) is 194 Å². The van der Waals surface area contributed by atoms with Gasteiger partial charge in [-0.3, -0.25) is 9.59 Å². The first-order valence-corrected chi connectivity index (χ1v) is 21.2. The molecule has 320 valence electrons. The Kier molecular flexibility index (Phi) is 16.4. The minimum absolute atomic E-state index is 0.00174. The van der Waals surface area contributed by atoms with E-state index in [1.165, 1.54) is 30.3 Å². The van der Waals surface area contributed by atoms with Gasteiger partial charge in [-0.05, 0) is 83.9 Å². The summed E-state index contributed by atoms with van der Waals surface area (Å²) in [4.78, 5) is 42.1. The van der Waals surface area contributed by atoms with E-state index in [4.69, 9.17) is 20.1 Å². The number of para-hydroxylation sites is 3. The molecule has 63 heavy (non-hydrogen) atoms. The monoisotopic (exact) mass is 884 g/mol. The second kappa shape index (κ2) is 22.9. The number of amides is 3. The Morgan fingerprint density at radius 2 is 0.984 bits per heavy atom. The van der Waals surface area contributed by atoms with Gasteiger partial charge in [-0.1, -0.05) is 115 Å². The van der Waals surface area contributed by atoms with E-state index in [-0.39, 0.29) is 27.8 Å². The molecule has 0 saturated carbocycles. The van der Waals surface area contributed by atoms with Gasteiger partial charge in [0.05, 0.1) is 28.3 Å². The van der Waals surface area contributed by atoms with E-state index in [0.29, 0.717) is 40.9 Å². The summed E-state index contributed by atoms with van der Waals surface area (Å²) < 4.78 is 48.8. The zero-order valence-electron chi connectivity index (χ0n) is 33.3. The van der Waals surface area contributed by atoms with Crippen LogP contribution in [0.4, 0.5) is 16.2 Å². The molecule has 0 saturated heterocycles. The lowest BCUT2D eigenvalue weighted by molar-refractivity contribution is -0.195. The Labute approximate surface area is 368 Å². The van der Waals surface area contributed by atoms with Gasteiger partial charge in [0.25, 0.3) is 21.8 Å². The van der Waals surface area contributed by atoms with Gasteiger partial charge >= 0.3 is 6.09 Å². The van der Waals surface area contributed by atoms with Crippen molar-refractivity contribution < 1.29 is 46.3 Å². The third-order valence-electron chi connectivity index (χ3n) is 8.58. The molecule has 7 rings (SSSR count). The number of hydrogen-bond acceptors (Lipinski definition) is 12. The van der Waals surface area contributed by atoms with Crippen molar-refractivity contribution in [2.45, 2.75) is 23.0 Å². The third kappa shape index (κ3) is 14.0. The SMILES string of the molecule is NOOSc1ccccc1NC(=O)c1cccc(OCc2ccccc2)c1.O=C(NS(=O)(=O)c1ccccc1NC(=O)c1cccc(OCc2ccccc2)c1)Oc1ccccc1. The van der Waals surface area contributed by atoms with Crippen LogP contribution in [0.3, 0.4) is 0 Å². The number of ether oxygens (including phenoxy) is 3. The summed E-state index contributed by atoms with van der Waals surface area (Å²) in [5, 5.41) is 5.44. The predicted molar refractivity (Wildman–Crippen MR) is 238 cm³/mol. The molecule has 0 spiro atoms. The van der Waals surface area contributed by atoms with E-state index in [0.717, 1.165) is 23.2 Å². The summed E-state index contributed by atoms with van der Waals surface area (Å²) in [6, 6.07) is 53.9. The lowest BCUT2D eigenvalue weighted by Gasteiger charge is -2.13. The summed E-state index contributed by atoms with van der Waals surface area (Å²) in [5.41, 5.74) is 3.36. The van der Waals surface area contributed by atoms with Crippen molar-refractivity contribution in [3.05, 3.63) is 210 Å². The molecule has 0 fully saturated rings. The number of carbonyl (C=O) groups excluding carboxylic acids is 3. The lowest BCUT2D eigenvalue weighted by atomic mass is 10.2. The quantitative estimate of drug-likeness (QED) is 0.0409. The maximum Gasteiger partial charge on any atom is 0.426 e. The highest BCUT2D eigenvalue weighted by atomic mass is 32.2. The molecule has 0 aliphatic carbocycles. The second-order valence-corrected chi connectivity index (χ2v) is 15.5. The largest absolute Gasteiger partial charge is 0.489 e. The second-order valence-electron chi connectivity index (χ2n) is 13.1. The van der Waals surface area contributed by atoms with Crippen LogP contribution in [-0.4, -0.2) is 26.3 Å². The summed E-state index contributed by atoms with van der Waals surface area (Å²) in [6.07, 6.45) is -1.18. The van der Waals surface area contributed by atoms with Crippen LogP contribution in [0, 0.1) is 0 Å². The summed E-state index contributed by atoms with van der Waals surface area (Å²) in [7, 11) is -4.35. The Hall–Kier alpha value is -7.47. The van der Waals surface area contributed by atoms with Crippen LogP contribution in [0.1, 0.15) is 31.8 Å². The minimum atomic E-state index is -4.35. The fourth-order valence-electron chi connectivity index (χ4n) is 5.61. The van der Waals surface area contributed by atoms with E-state index in [2.05, 4.69) is 20.0 Å². The van der Waals surface area contributed by atoms with E-state index >= 15 is 0 Å². The number of nitrogens with one attached hydrogen (secondary N) is 3. The number of carbonyl (C=O) groups is 3. The Bertz CT molecular complexity index is 2710. The van der Waals surface area contributed by atoms with E-state index in [9.17, 15) is 22.8 Å². The maximum atomic E-state index is 12.9. The lowest BCUT2D eigenvalue weighted by Crippen LogP contribution is -2.33. The zero-order chi connectivity index (χ0) is 44.3. The molecule has 0 bridgehead atoms. The number of anilines is 2. The van der Waals surface area contributed by atoms with Gasteiger partial charge in [0, 0.05) is 11.1 Å². The fourth-order valence-corrected chi connectivity index (χ4v) is 7.10. The smallest absolute Gasteiger partial charge is 0.426 e. The number of nitrogens with two attached hydrogens (primary N) is 1. The highest BCUT2D eigenvalue weighted by Crippen LogP contribution is 2.28. The van der Waals surface area contributed by atoms with Crippen LogP contribution in [0.2, 0.25) is 0 Å². The number of sulfonamides is 1. The van der Waals surface area contributed by atoms with Crippen molar-refractivity contribution in [2.75, 3.05) is 10.6 Å². The first-order valence-electron chi connectivity index (χ1n) is 19.0. The molecule has 3 amide bonds. The molecule has 7 aromatic carbocycles. The van der Waals surface area contributed by atoms with E-state index < -0.39 is 22.0 Å². The first kappa shape index (κ1) is 45.1. The number of hydrogen-bond donors (Lipinski definition) is 4. The van der Waals surface area contributed by atoms with Crippen molar-refractivity contribution in [3.63, 3.8) is 0 Å². The van der Waals surface area contributed by atoms with Crippen molar-refractivity contribution in [1.82, 2.24) is 4.72 Å². The fraction of sp³-hybridized carbons (Fsp3) is 0.0426.